The summed E-state index contributed by atoms with van der Waals surface area (Å²) in [5, 5.41) is 5.62. The van der Waals surface area contributed by atoms with E-state index >= 15 is 0 Å². The molecule has 7 heteroatoms. The lowest BCUT2D eigenvalue weighted by atomic mass is 9.96. The summed E-state index contributed by atoms with van der Waals surface area (Å²) in [6, 6.07) is 15.7. The average molecular weight is 443 g/mol. The number of benzene rings is 2. The molecule has 30 heavy (non-hydrogen) atoms. The summed E-state index contributed by atoms with van der Waals surface area (Å²) < 4.78 is 10.6. The van der Waals surface area contributed by atoms with E-state index < -0.39 is 0 Å². The highest BCUT2D eigenvalue weighted by Gasteiger charge is 2.19. The average Bonchev–Trinajstić information content (AvgIpc) is 3.21. The van der Waals surface area contributed by atoms with E-state index in [2.05, 4.69) is 10.3 Å². The molecule has 5 nitrogen and oxygen atoms in total. The summed E-state index contributed by atoms with van der Waals surface area (Å²) in [6.45, 7) is 2.02. The van der Waals surface area contributed by atoms with E-state index in [0.29, 0.717) is 5.13 Å². The maximum absolute atomic E-state index is 12.7. The summed E-state index contributed by atoms with van der Waals surface area (Å²) in [6.07, 6.45) is 0.744. The van der Waals surface area contributed by atoms with Gasteiger partial charge in [-0.25, -0.2) is 4.98 Å². The Morgan fingerprint density at radius 1 is 1.10 bits per heavy atom. The number of anilines is 1. The summed E-state index contributed by atoms with van der Waals surface area (Å²) in [7, 11) is 3.30. The summed E-state index contributed by atoms with van der Waals surface area (Å²) >= 11 is 3.22. The Hall–Kier alpha value is -2.51. The molecule has 0 aliphatic rings. The van der Waals surface area contributed by atoms with Gasteiger partial charge in [-0.15, -0.1) is 11.3 Å². The van der Waals surface area contributed by atoms with Crippen LogP contribution in [0, 0.1) is 0 Å². The molecule has 0 fully saturated rings. The Balaban J connectivity index is 1.54. The molecule has 158 valence electrons. The van der Waals surface area contributed by atoms with Crippen molar-refractivity contribution in [3.05, 3.63) is 70.7 Å². The molecule has 0 bridgehead atoms. The molecule has 0 saturated heterocycles. The number of nitrogens with one attached hydrogen (secondary N) is 1. The predicted octanol–water partition coefficient (Wildman–Crippen LogP) is 5.73. The van der Waals surface area contributed by atoms with Crippen LogP contribution in [0.1, 0.15) is 36.1 Å². The van der Waals surface area contributed by atoms with Crippen LogP contribution >= 0.6 is 23.1 Å². The second-order valence-electron chi connectivity index (χ2n) is 6.72. The Bertz CT molecular complexity index is 938. The molecular weight excluding hydrogens is 416 g/mol. The van der Waals surface area contributed by atoms with Crippen molar-refractivity contribution in [2.75, 3.05) is 19.5 Å². The molecule has 1 heterocycles. The lowest BCUT2D eigenvalue weighted by Crippen LogP contribution is -2.20. The van der Waals surface area contributed by atoms with Crippen LogP contribution in [0.3, 0.4) is 0 Å². The van der Waals surface area contributed by atoms with Crippen LogP contribution in [0.5, 0.6) is 11.5 Å². The number of methoxy groups -OCH3 is 2. The zero-order valence-corrected chi connectivity index (χ0v) is 19.0. The normalized spacial score (nSPS) is 11.7. The van der Waals surface area contributed by atoms with Crippen LogP contribution in [-0.4, -0.2) is 25.1 Å². The number of thioether (sulfide) groups is 1. The number of hydrogen-bond acceptors (Lipinski definition) is 6. The van der Waals surface area contributed by atoms with Gasteiger partial charge in [0.1, 0.15) is 11.5 Å². The lowest BCUT2D eigenvalue weighted by Gasteiger charge is -2.14. The van der Waals surface area contributed by atoms with Crippen LogP contribution in [0.25, 0.3) is 0 Å². The van der Waals surface area contributed by atoms with Gasteiger partial charge in [-0.3, -0.25) is 4.79 Å². The van der Waals surface area contributed by atoms with Crippen molar-refractivity contribution in [2.24, 2.45) is 0 Å². The largest absolute Gasteiger partial charge is 0.497 e. The van der Waals surface area contributed by atoms with Crippen molar-refractivity contribution >= 4 is 34.1 Å². The number of carbonyl (C=O) groups excluding carboxylic acids is 1. The number of carbonyl (C=O) groups is 1. The molecule has 0 saturated carbocycles. The lowest BCUT2D eigenvalue weighted by molar-refractivity contribution is -0.117. The number of rotatable bonds is 10. The number of ether oxygens (including phenoxy) is 2. The third-order valence-electron chi connectivity index (χ3n) is 4.64. The van der Waals surface area contributed by atoms with E-state index in [1.54, 1.807) is 26.0 Å². The molecule has 1 aromatic heterocycles. The van der Waals surface area contributed by atoms with E-state index in [1.807, 2.05) is 60.8 Å². The highest BCUT2D eigenvalue weighted by Crippen LogP contribution is 2.28. The fraction of sp³-hybridized carbons (Fsp3) is 0.304. The van der Waals surface area contributed by atoms with Gasteiger partial charge in [-0.05, 0) is 29.7 Å². The molecule has 3 aromatic rings. The van der Waals surface area contributed by atoms with Crippen molar-refractivity contribution in [1.82, 2.24) is 4.98 Å². The second-order valence-corrected chi connectivity index (χ2v) is 8.56. The van der Waals surface area contributed by atoms with Gasteiger partial charge in [0.05, 0.1) is 25.8 Å². The maximum atomic E-state index is 12.7. The minimum absolute atomic E-state index is 0.0132. The molecule has 1 amide bonds. The summed E-state index contributed by atoms with van der Waals surface area (Å²) in [5.41, 5.74) is 3.12. The highest BCUT2D eigenvalue weighted by molar-refractivity contribution is 7.97. The first-order valence-corrected chi connectivity index (χ1v) is 11.8. The minimum atomic E-state index is -0.170. The van der Waals surface area contributed by atoms with Crippen molar-refractivity contribution in [3.8, 4) is 11.5 Å². The number of aromatic nitrogens is 1. The van der Waals surface area contributed by atoms with Gasteiger partial charge in [0.15, 0.2) is 5.13 Å². The fourth-order valence-corrected chi connectivity index (χ4v) is 4.78. The molecule has 1 atom stereocenters. The first-order valence-electron chi connectivity index (χ1n) is 9.72. The van der Waals surface area contributed by atoms with Crippen LogP contribution in [-0.2, 0) is 16.3 Å². The molecule has 2 aromatic carbocycles. The van der Waals surface area contributed by atoms with Crippen molar-refractivity contribution in [3.63, 3.8) is 0 Å². The molecule has 0 aliphatic heterocycles. The quantitative estimate of drug-likeness (QED) is 0.435. The van der Waals surface area contributed by atoms with Gasteiger partial charge in [0.2, 0.25) is 5.91 Å². The third kappa shape index (κ3) is 6.00. The first-order chi connectivity index (χ1) is 14.6. The van der Waals surface area contributed by atoms with E-state index in [-0.39, 0.29) is 11.8 Å². The molecular formula is C23H26N2O3S2. The van der Waals surface area contributed by atoms with Gasteiger partial charge < -0.3 is 14.8 Å². The van der Waals surface area contributed by atoms with Gasteiger partial charge in [0, 0.05) is 23.0 Å². The third-order valence-corrected chi connectivity index (χ3v) is 6.48. The second kappa shape index (κ2) is 11.0. The Morgan fingerprint density at radius 2 is 1.80 bits per heavy atom. The van der Waals surface area contributed by atoms with E-state index in [1.165, 1.54) is 11.3 Å². The van der Waals surface area contributed by atoms with E-state index in [9.17, 15) is 4.79 Å². The van der Waals surface area contributed by atoms with E-state index in [0.717, 1.165) is 46.2 Å². The summed E-state index contributed by atoms with van der Waals surface area (Å²) in [4.78, 5) is 17.3. The SMILES string of the molecule is CCC(C(=O)Nc1nc(CSCc2cc(OC)cc(OC)c2)cs1)c1ccccc1. The monoisotopic (exact) mass is 442 g/mol. The number of amides is 1. The Labute approximate surface area is 185 Å². The Kier molecular flexibility index (Phi) is 8.16. The van der Waals surface area contributed by atoms with Crippen LogP contribution in [0.2, 0.25) is 0 Å². The van der Waals surface area contributed by atoms with Gasteiger partial charge in [-0.1, -0.05) is 37.3 Å². The number of nitrogens with zero attached hydrogens (tertiary/aromatic N) is 1. The molecule has 1 unspecified atom stereocenters. The van der Waals surface area contributed by atoms with Gasteiger partial charge in [-0.2, -0.15) is 11.8 Å². The molecule has 0 radical (unpaired) electrons. The van der Waals surface area contributed by atoms with Crippen molar-refractivity contribution < 1.29 is 14.3 Å². The molecule has 0 aliphatic carbocycles. The maximum Gasteiger partial charge on any atom is 0.233 e. The first kappa shape index (κ1) is 22.2. The molecule has 0 spiro atoms. The topological polar surface area (TPSA) is 60.5 Å². The number of hydrogen-bond donors (Lipinski definition) is 1. The van der Waals surface area contributed by atoms with Crippen LogP contribution in [0.15, 0.2) is 53.9 Å². The fourth-order valence-electron chi connectivity index (χ4n) is 3.10. The zero-order valence-electron chi connectivity index (χ0n) is 17.4. The van der Waals surface area contributed by atoms with Crippen molar-refractivity contribution in [1.29, 1.82) is 0 Å². The van der Waals surface area contributed by atoms with Gasteiger partial charge >= 0.3 is 0 Å². The standard InChI is InChI=1S/C23H26N2O3S2/c1-4-21(17-8-6-5-7-9-17)22(26)25-23-24-18(15-30-23)14-29-13-16-10-19(27-2)12-20(11-16)28-3/h5-12,15,21H,4,13-14H2,1-3H3,(H,24,25,26). The predicted molar refractivity (Wildman–Crippen MR) is 125 cm³/mol. The van der Waals surface area contributed by atoms with E-state index in [4.69, 9.17) is 9.47 Å². The summed E-state index contributed by atoms with van der Waals surface area (Å²) in [5.74, 6) is 2.97. The zero-order chi connectivity index (χ0) is 21.3. The number of thiazole rings is 1. The smallest absolute Gasteiger partial charge is 0.233 e. The molecule has 3 rings (SSSR count). The molecule has 1 N–H and O–H groups in total. The van der Waals surface area contributed by atoms with Crippen LogP contribution < -0.4 is 14.8 Å². The van der Waals surface area contributed by atoms with Gasteiger partial charge in [0.25, 0.3) is 0 Å². The highest BCUT2D eigenvalue weighted by atomic mass is 32.2. The Morgan fingerprint density at radius 3 is 2.43 bits per heavy atom. The van der Waals surface area contributed by atoms with Crippen LogP contribution in [0.4, 0.5) is 5.13 Å². The van der Waals surface area contributed by atoms with Crippen molar-refractivity contribution in [2.45, 2.75) is 30.8 Å². The minimum Gasteiger partial charge on any atom is -0.497 e.